The van der Waals surface area contributed by atoms with E-state index >= 15 is 0 Å². The van der Waals surface area contributed by atoms with Crippen molar-refractivity contribution in [3.05, 3.63) is 54.1 Å². The van der Waals surface area contributed by atoms with Gasteiger partial charge in [0.25, 0.3) is 0 Å². The first-order valence-corrected chi connectivity index (χ1v) is 5.92. The van der Waals surface area contributed by atoms with E-state index in [0.29, 0.717) is 0 Å². The summed E-state index contributed by atoms with van der Waals surface area (Å²) in [6.07, 6.45) is 9.01. The molecule has 1 aliphatic carbocycles. The molecule has 0 fully saturated rings. The van der Waals surface area contributed by atoms with Gasteiger partial charge in [0, 0.05) is 14.2 Å². The number of rotatable bonds is 4. The Kier molecular flexibility index (Phi) is 3.89. The Morgan fingerprint density at radius 1 is 1.11 bits per heavy atom. The van der Waals surface area contributed by atoms with Crippen LogP contribution in [0.2, 0.25) is 0 Å². The summed E-state index contributed by atoms with van der Waals surface area (Å²) in [7, 11) is 2.92. The minimum Gasteiger partial charge on any atom is -0.508 e. The third-order valence-corrected chi connectivity index (χ3v) is 3.35. The first-order valence-electron chi connectivity index (χ1n) is 5.92. The van der Waals surface area contributed by atoms with Gasteiger partial charge in [-0.05, 0) is 24.1 Å². The highest BCUT2D eigenvalue weighted by atomic mass is 16.6. The average molecular weight is 244 g/mol. The summed E-state index contributed by atoms with van der Waals surface area (Å²) < 4.78 is 10.9. The number of phenolic OH excluding ortho intramolecular Hbond substituents is 1. The number of phenols is 1. The lowest BCUT2D eigenvalue weighted by Crippen LogP contribution is -2.45. The SMILES string of the molecule is COB(OC)C1(c2ccc(O)cc2)C=CC=CC1. The van der Waals surface area contributed by atoms with Crippen molar-refractivity contribution in [2.24, 2.45) is 0 Å². The van der Waals surface area contributed by atoms with E-state index in [1.165, 1.54) is 0 Å². The van der Waals surface area contributed by atoms with Crippen LogP contribution in [0.4, 0.5) is 0 Å². The number of benzene rings is 1. The predicted molar refractivity (Wildman–Crippen MR) is 72.5 cm³/mol. The fourth-order valence-electron chi connectivity index (χ4n) is 2.45. The lowest BCUT2D eigenvalue weighted by Gasteiger charge is -2.34. The summed E-state index contributed by atoms with van der Waals surface area (Å²) >= 11 is 0. The van der Waals surface area contributed by atoms with Crippen LogP contribution < -0.4 is 0 Å². The Morgan fingerprint density at radius 3 is 2.28 bits per heavy atom. The second-order valence-corrected chi connectivity index (χ2v) is 4.38. The highest BCUT2D eigenvalue weighted by Gasteiger charge is 2.44. The molecule has 0 bridgehead atoms. The Hall–Kier alpha value is -1.52. The fraction of sp³-hybridized carbons (Fsp3) is 0.286. The molecule has 0 amide bonds. The summed E-state index contributed by atoms with van der Waals surface area (Å²) in [5.74, 6) is 0.260. The zero-order valence-corrected chi connectivity index (χ0v) is 10.7. The van der Waals surface area contributed by atoms with Gasteiger partial charge in [0.15, 0.2) is 0 Å². The fourth-order valence-corrected chi connectivity index (χ4v) is 2.45. The summed E-state index contributed by atoms with van der Waals surface area (Å²) in [6.45, 7) is 0. The van der Waals surface area contributed by atoms with Crippen LogP contribution in [-0.2, 0) is 14.6 Å². The molecular formula is C14H17BO3. The maximum absolute atomic E-state index is 9.40. The van der Waals surface area contributed by atoms with Gasteiger partial charge in [0.05, 0.1) is 5.31 Å². The van der Waals surface area contributed by atoms with Gasteiger partial charge in [-0.1, -0.05) is 36.4 Å². The molecule has 1 N–H and O–H groups in total. The second-order valence-electron chi connectivity index (χ2n) is 4.38. The van der Waals surface area contributed by atoms with Crippen molar-refractivity contribution < 1.29 is 14.4 Å². The Labute approximate surface area is 108 Å². The normalized spacial score (nSPS) is 22.1. The number of allylic oxidation sites excluding steroid dienone is 4. The molecule has 0 saturated heterocycles. The van der Waals surface area contributed by atoms with E-state index in [4.69, 9.17) is 9.31 Å². The first-order chi connectivity index (χ1) is 8.73. The highest BCUT2D eigenvalue weighted by Crippen LogP contribution is 2.36. The zero-order chi connectivity index (χ0) is 13.0. The molecule has 18 heavy (non-hydrogen) atoms. The van der Waals surface area contributed by atoms with Gasteiger partial charge >= 0.3 is 7.12 Å². The Morgan fingerprint density at radius 2 is 1.78 bits per heavy atom. The van der Waals surface area contributed by atoms with Crippen molar-refractivity contribution in [2.75, 3.05) is 14.2 Å². The Bertz CT molecular complexity index is 449. The molecule has 0 radical (unpaired) electrons. The molecule has 2 rings (SSSR count). The van der Waals surface area contributed by atoms with Crippen LogP contribution in [0.3, 0.4) is 0 Å². The lowest BCUT2D eigenvalue weighted by atomic mass is 9.51. The molecule has 0 aliphatic heterocycles. The van der Waals surface area contributed by atoms with E-state index in [1.54, 1.807) is 26.4 Å². The van der Waals surface area contributed by atoms with Crippen LogP contribution >= 0.6 is 0 Å². The summed E-state index contributed by atoms with van der Waals surface area (Å²) in [4.78, 5) is 0. The van der Waals surface area contributed by atoms with Gasteiger partial charge in [-0.3, -0.25) is 0 Å². The molecule has 3 nitrogen and oxygen atoms in total. The number of hydrogen-bond acceptors (Lipinski definition) is 3. The van der Waals surface area contributed by atoms with Crippen molar-refractivity contribution in [3.63, 3.8) is 0 Å². The van der Waals surface area contributed by atoms with Crippen molar-refractivity contribution in [1.29, 1.82) is 0 Å². The van der Waals surface area contributed by atoms with E-state index in [2.05, 4.69) is 12.2 Å². The molecule has 0 heterocycles. The molecule has 0 saturated carbocycles. The van der Waals surface area contributed by atoms with E-state index in [9.17, 15) is 5.11 Å². The highest BCUT2D eigenvalue weighted by molar-refractivity contribution is 6.49. The second kappa shape index (κ2) is 5.42. The minimum absolute atomic E-state index is 0.260. The van der Waals surface area contributed by atoms with Gasteiger partial charge in [-0.15, -0.1) is 0 Å². The van der Waals surface area contributed by atoms with E-state index in [1.807, 2.05) is 24.3 Å². The summed E-state index contributed by atoms with van der Waals surface area (Å²) in [6, 6.07) is 7.19. The monoisotopic (exact) mass is 244 g/mol. The molecule has 4 heteroatoms. The summed E-state index contributed by atoms with van der Waals surface area (Å²) in [5.41, 5.74) is 1.06. The molecule has 94 valence electrons. The van der Waals surface area contributed by atoms with E-state index in [0.717, 1.165) is 12.0 Å². The molecule has 1 unspecified atom stereocenters. The van der Waals surface area contributed by atoms with Gasteiger partial charge in [0.1, 0.15) is 5.75 Å². The lowest BCUT2D eigenvalue weighted by molar-refractivity contribution is 0.252. The van der Waals surface area contributed by atoms with E-state index < -0.39 is 0 Å². The van der Waals surface area contributed by atoms with Crippen LogP contribution in [0.15, 0.2) is 48.6 Å². The molecule has 1 aliphatic rings. The van der Waals surface area contributed by atoms with Crippen LogP contribution in [0.1, 0.15) is 12.0 Å². The molecule has 1 aromatic carbocycles. The molecular weight excluding hydrogens is 227 g/mol. The standard InChI is InChI=1S/C14H17BO3/c1-17-15(18-2)14(10-4-3-5-11-14)12-6-8-13(16)9-7-12/h3-10,16H,11H2,1-2H3. The number of hydrogen-bond donors (Lipinski definition) is 1. The molecule has 1 aromatic rings. The van der Waals surface area contributed by atoms with Gasteiger partial charge in [-0.2, -0.15) is 0 Å². The van der Waals surface area contributed by atoms with Crippen LogP contribution in [0, 0.1) is 0 Å². The molecule has 0 spiro atoms. The van der Waals surface area contributed by atoms with Gasteiger partial charge < -0.3 is 14.4 Å². The van der Waals surface area contributed by atoms with Crippen LogP contribution in [-0.4, -0.2) is 26.4 Å². The van der Waals surface area contributed by atoms with Gasteiger partial charge in [0.2, 0.25) is 0 Å². The maximum atomic E-state index is 9.40. The maximum Gasteiger partial charge on any atom is 0.472 e. The van der Waals surface area contributed by atoms with Crippen LogP contribution in [0.25, 0.3) is 0 Å². The van der Waals surface area contributed by atoms with Crippen molar-refractivity contribution in [3.8, 4) is 5.75 Å². The van der Waals surface area contributed by atoms with Crippen molar-refractivity contribution in [1.82, 2.24) is 0 Å². The minimum atomic E-state index is -0.358. The van der Waals surface area contributed by atoms with Crippen LogP contribution in [0.5, 0.6) is 5.75 Å². The van der Waals surface area contributed by atoms with Crippen molar-refractivity contribution >= 4 is 7.12 Å². The quantitative estimate of drug-likeness (QED) is 0.827. The van der Waals surface area contributed by atoms with Crippen molar-refractivity contribution in [2.45, 2.75) is 11.7 Å². The smallest absolute Gasteiger partial charge is 0.472 e. The first kappa shape index (κ1) is 12.9. The number of aromatic hydroxyl groups is 1. The molecule has 0 aromatic heterocycles. The summed E-state index contributed by atoms with van der Waals surface area (Å²) in [5, 5.41) is 9.06. The zero-order valence-electron chi connectivity index (χ0n) is 10.7. The van der Waals surface area contributed by atoms with Gasteiger partial charge in [-0.25, -0.2) is 0 Å². The topological polar surface area (TPSA) is 38.7 Å². The molecule has 1 atom stereocenters. The largest absolute Gasteiger partial charge is 0.508 e. The van der Waals surface area contributed by atoms with E-state index in [-0.39, 0.29) is 18.2 Å². The predicted octanol–water partition coefficient (Wildman–Crippen LogP) is 2.47. The third-order valence-electron chi connectivity index (χ3n) is 3.35. The third kappa shape index (κ3) is 2.21. The average Bonchev–Trinajstić information content (AvgIpc) is 2.42. The Balaban J connectivity index is 2.45.